The van der Waals surface area contributed by atoms with Gasteiger partial charge in [0.05, 0.1) is 23.5 Å². The average molecular weight is 746 g/mol. The van der Waals surface area contributed by atoms with Gasteiger partial charge in [0.1, 0.15) is 5.76 Å². The first-order chi connectivity index (χ1) is 17.8. The van der Waals surface area contributed by atoms with Gasteiger partial charge in [0, 0.05) is 66.7 Å². The average Bonchev–Trinajstić information content (AvgIpc) is 3.64. The lowest BCUT2D eigenvalue weighted by Gasteiger charge is -2.21. The Morgan fingerprint density at radius 2 is 1.89 bits per heavy atom. The van der Waals surface area contributed by atoms with Crippen molar-refractivity contribution in [3.8, 4) is 17.3 Å². The van der Waals surface area contributed by atoms with Crippen molar-refractivity contribution in [1.29, 1.82) is 0 Å². The van der Waals surface area contributed by atoms with Crippen LogP contribution in [0, 0.1) is 5.82 Å². The van der Waals surface area contributed by atoms with Crippen LogP contribution < -0.4 is 10.1 Å². The molecule has 3 aromatic rings. The van der Waals surface area contributed by atoms with Gasteiger partial charge in [-0.25, -0.2) is 14.4 Å². The molecular weight excluding hydrogens is 722 g/mol. The number of alkyl halides is 3. The summed E-state index contributed by atoms with van der Waals surface area (Å²) in [5.41, 5.74) is 1.57. The maximum atomic E-state index is 14.5. The molecule has 3 aromatic heterocycles. The minimum atomic E-state index is -4.92. The molecule has 37 heavy (non-hydrogen) atoms. The summed E-state index contributed by atoms with van der Waals surface area (Å²) in [7, 11) is 0. The van der Waals surface area contributed by atoms with Gasteiger partial charge in [-0.1, -0.05) is 13.8 Å². The number of pyridine rings is 2. The van der Waals surface area contributed by atoms with Gasteiger partial charge in [-0.3, -0.25) is 9.78 Å². The number of oxazole rings is 1. The smallest absolute Gasteiger partial charge is 0.439 e. The molecule has 0 aliphatic heterocycles. The number of ether oxygens (including phenoxy) is 1. The summed E-state index contributed by atoms with van der Waals surface area (Å²) in [6.07, 6.45) is 1.17. The van der Waals surface area contributed by atoms with Gasteiger partial charge in [0.15, 0.2) is 5.82 Å². The molecule has 0 spiro atoms. The molecule has 0 bridgehead atoms. The van der Waals surface area contributed by atoms with E-state index in [9.17, 15) is 22.4 Å². The SMILES string of the molecule is CC.II.O=C(NC1CCCc2nc(-c3cc(C4CC4)ncc3F)oc21)c1ccnc(OC(F)(F)F)c1. The fourth-order valence-corrected chi connectivity index (χ4v) is 3.86. The molecule has 1 atom stereocenters. The highest BCUT2D eigenvalue weighted by molar-refractivity contribution is 15.0. The monoisotopic (exact) mass is 746 g/mol. The van der Waals surface area contributed by atoms with Gasteiger partial charge >= 0.3 is 6.36 Å². The molecule has 0 aromatic carbocycles. The second-order valence-electron chi connectivity index (χ2n) is 8.04. The number of rotatable bonds is 5. The number of hydrogen-bond acceptors (Lipinski definition) is 6. The van der Waals surface area contributed by atoms with Gasteiger partial charge in [-0.15, -0.1) is 13.2 Å². The third-order valence-electron chi connectivity index (χ3n) is 5.58. The lowest BCUT2D eigenvalue weighted by molar-refractivity contribution is -0.276. The Bertz CT molecular complexity index is 1220. The van der Waals surface area contributed by atoms with E-state index in [4.69, 9.17) is 4.42 Å². The third-order valence-corrected chi connectivity index (χ3v) is 5.58. The van der Waals surface area contributed by atoms with Crippen molar-refractivity contribution in [2.24, 2.45) is 0 Å². The Morgan fingerprint density at radius 3 is 2.57 bits per heavy atom. The van der Waals surface area contributed by atoms with Gasteiger partial charge in [-0.2, -0.15) is 0 Å². The van der Waals surface area contributed by atoms with Crippen molar-refractivity contribution in [1.82, 2.24) is 20.3 Å². The number of aryl methyl sites for hydroxylation is 1. The van der Waals surface area contributed by atoms with Crippen LogP contribution in [0.4, 0.5) is 17.6 Å². The molecule has 1 unspecified atom stereocenters. The Balaban J connectivity index is 0.000000907. The van der Waals surface area contributed by atoms with Crippen molar-refractivity contribution < 1.29 is 31.5 Å². The van der Waals surface area contributed by atoms with Crippen LogP contribution in [0.25, 0.3) is 11.5 Å². The number of amides is 1. The molecule has 1 amide bonds. The quantitative estimate of drug-likeness (QED) is 0.213. The number of hydrogen-bond donors (Lipinski definition) is 1. The summed E-state index contributed by atoms with van der Waals surface area (Å²) in [5, 5.41) is 2.76. The van der Waals surface area contributed by atoms with Crippen molar-refractivity contribution >= 4 is 43.1 Å². The highest BCUT2D eigenvalue weighted by Crippen LogP contribution is 2.41. The highest BCUT2D eigenvalue weighted by Gasteiger charge is 2.33. The molecule has 5 rings (SSSR count). The Kier molecular flexibility index (Phi) is 10.5. The van der Waals surface area contributed by atoms with Crippen molar-refractivity contribution in [2.75, 3.05) is 0 Å². The molecular formula is C24H24F4I2N4O3. The molecule has 3 heterocycles. The summed E-state index contributed by atoms with van der Waals surface area (Å²) in [6.45, 7) is 4.00. The van der Waals surface area contributed by atoms with Gasteiger partial charge in [-0.05, 0) is 44.2 Å². The van der Waals surface area contributed by atoms with Crippen LogP contribution in [-0.2, 0) is 6.42 Å². The van der Waals surface area contributed by atoms with E-state index in [1.54, 1.807) is 6.07 Å². The topological polar surface area (TPSA) is 90.1 Å². The predicted octanol–water partition coefficient (Wildman–Crippen LogP) is 7.65. The molecule has 2 aliphatic carbocycles. The molecule has 1 saturated carbocycles. The largest absolute Gasteiger partial charge is 0.574 e. The van der Waals surface area contributed by atoms with E-state index >= 15 is 0 Å². The standard InChI is InChI=1S/C22H18F4N4O3.C2H6.I2/c23-14-10-28-17(11-4-5-11)9-13(14)21-30-16-3-1-2-15(19(16)32-21)29-20(31)12-6-7-27-18(8-12)33-22(24,25)26;2*1-2/h6-11,15H,1-5H2,(H,29,31);1-2H3;. The number of fused-ring (bicyclic) bond motifs is 1. The molecule has 0 radical (unpaired) electrons. The Morgan fingerprint density at radius 1 is 1.16 bits per heavy atom. The zero-order valence-electron chi connectivity index (χ0n) is 19.9. The highest BCUT2D eigenvalue weighted by atomic mass is 128. The first kappa shape index (κ1) is 29.5. The van der Waals surface area contributed by atoms with E-state index in [1.165, 1.54) is 6.07 Å². The number of nitrogens with zero attached hydrogens (tertiary/aromatic N) is 3. The van der Waals surface area contributed by atoms with Gasteiger partial charge in [0.2, 0.25) is 11.8 Å². The number of aromatic nitrogens is 3. The molecule has 7 nitrogen and oxygen atoms in total. The lowest BCUT2D eigenvalue weighted by Crippen LogP contribution is -2.30. The summed E-state index contributed by atoms with van der Waals surface area (Å²) in [4.78, 5) is 24.7. The van der Waals surface area contributed by atoms with Crippen LogP contribution in [0.3, 0.4) is 0 Å². The van der Waals surface area contributed by atoms with Crippen molar-refractivity contribution in [3.05, 3.63) is 59.1 Å². The molecule has 1 N–H and O–H groups in total. The first-order valence-electron chi connectivity index (χ1n) is 11.6. The molecule has 2 aliphatic rings. The number of nitrogens with one attached hydrogen (secondary N) is 1. The Hall–Kier alpha value is -2.04. The van der Waals surface area contributed by atoms with Crippen molar-refractivity contribution in [3.63, 3.8) is 0 Å². The van der Waals surface area contributed by atoms with Crippen LogP contribution in [0.15, 0.2) is 35.0 Å². The fraction of sp³-hybridized carbons (Fsp3) is 0.417. The maximum Gasteiger partial charge on any atom is 0.574 e. The first-order valence-corrected chi connectivity index (χ1v) is 17.9. The second-order valence-corrected chi connectivity index (χ2v) is 8.04. The van der Waals surface area contributed by atoms with Crippen LogP contribution >= 0.6 is 37.2 Å². The lowest BCUT2D eigenvalue weighted by atomic mass is 9.97. The van der Waals surface area contributed by atoms with E-state index in [-0.39, 0.29) is 17.0 Å². The molecule has 0 saturated heterocycles. The zero-order valence-corrected chi connectivity index (χ0v) is 24.2. The van der Waals surface area contributed by atoms with Gasteiger partial charge < -0.3 is 14.5 Å². The Labute approximate surface area is 234 Å². The molecule has 1 fully saturated rings. The van der Waals surface area contributed by atoms with E-state index in [0.717, 1.165) is 37.0 Å². The van der Waals surface area contributed by atoms with E-state index < -0.39 is 30.0 Å². The van der Waals surface area contributed by atoms with Crippen molar-refractivity contribution in [2.45, 2.75) is 64.3 Å². The van der Waals surface area contributed by atoms with Crippen LogP contribution in [0.1, 0.15) is 79.0 Å². The van der Waals surface area contributed by atoms with Crippen LogP contribution in [0.5, 0.6) is 5.88 Å². The molecule has 13 heteroatoms. The van der Waals surface area contributed by atoms with E-state index in [0.29, 0.717) is 36.6 Å². The minimum absolute atomic E-state index is 0.0506. The van der Waals surface area contributed by atoms with E-state index in [2.05, 4.69) is 62.2 Å². The van der Waals surface area contributed by atoms with E-state index in [1.807, 2.05) is 13.8 Å². The second kappa shape index (κ2) is 13.2. The minimum Gasteiger partial charge on any atom is -0.439 e. The summed E-state index contributed by atoms with van der Waals surface area (Å²) in [6, 6.07) is 3.27. The van der Waals surface area contributed by atoms with Crippen LogP contribution in [0.2, 0.25) is 0 Å². The zero-order chi connectivity index (χ0) is 27.2. The van der Waals surface area contributed by atoms with Crippen LogP contribution in [-0.4, -0.2) is 27.2 Å². The number of carbonyl (C=O) groups excluding carboxylic acids is 1. The predicted molar refractivity (Wildman–Crippen MR) is 145 cm³/mol. The third kappa shape index (κ3) is 7.74. The summed E-state index contributed by atoms with van der Waals surface area (Å²) >= 11 is 4.24. The summed E-state index contributed by atoms with van der Waals surface area (Å²) in [5.74, 6) is -1.05. The normalized spacial score (nSPS) is 16.4. The number of carbonyl (C=O) groups is 1. The molecule has 200 valence electrons. The summed E-state index contributed by atoms with van der Waals surface area (Å²) < 4.78 is 61.4. The van der Waals surface area contributed by atoms with Gasteiger partial charge in [0.25, 0.3) is 5.91 Å². The fourth-order valence-electron chi connectivity index (χ4n) is 3.86. The maximum absolute atomic E-state index is 14.5. The number of halogens is 6.